The number of aliphatic hydroxyl groups excluding tert-OH is 4. The molecule has 194 valence electrons. The number of pyridine rings is 1. The van der Waals surface area contributed by atoms with E-state index in [1.807, 2.05) is 0 Å². The first-order valence-corrected chi connectivity index (χ1v) is 12.0. The zero-order valence-corrected chi connectivity index (χ0v) is 20.0. The van der Waals surface area contributed by atoms with E-state index in [0.29, 0.717) is 5.16 Å². The fraction of sp³-hybridized carbons (Fsp3) is 0.476. The Morgan fingerprint density at radius 1 is 1.28 bits per heavy atom. The molecule has 15 heteroatoms. The Hall–Kier alpha value is -3.08. The van der Waals surface area contributed by atoms with Gasteiger partial charge in [0.05, 0.1) is 24.9 Å². The molecule has 4 rings (SSSR count). The summed E-state index contributed by atoms with van der Waals surface area (Å²) in [4.78, 5) is 28.3. The van der Waals surface area contributed by atoms with Gasteiger partial charge in [-0.2, -0.15) is 0 Å². The molecular weight excluding hydrogens is 496 g/mol. The third-order valence-corrected chi connectivity index (χ3v) is 6.42. The average Bonchev–Trinajstić information content (AvgIpc) is 3.39. The molecule has 0 saturated carbocycles. The summed E-state index contributed by atoms with van der Waals surface area (Å²) in [5.41, 5.74) is 6.74. The van der Waals surface area contributed by atoms with Gasteiger partial charge in [0.2, 0.25) is 5.88 Å². The lowest BCUT2D eigenvalue weighted by molar-refractivity contribution is -0.0548. The molecule has 0 radical (unpaired) electrons. The molecule has 1 aliphatic rings. The van der Waals surface area contributed by atoms with E-state index in [4.69, 9.17) is 19.9 Å². The molecule has 3 aromatic rings. The van der Waals surface area contributed by atoms with Crippen molar-refractivity contribution in [2.45, 2.75) is 42.7 Å². The number of hydrogen-bond acceptors (Lipinski definition) is 14. The van der Waals surface area contributed by atoms with Gasteiger partial charge in [-0.15, -0.1) is 0 Å². The molecule has 0 amide bonds. The number of fused-ring (bicyclic) bond motifs is 1. The lowest BCUT2D eigenvalue weighted by Gasteiger charge is -2.19. The van der Waals surface area contributed by atoms with Gasteiger partial charge in [0.15, 0.2) is 28.4 Å². The lowest BCUT2D eigenvalue weighted by Crippen LogP contribution is -2.33. The normalized spacial score (nSPS) is 22.6. The van der Waals surface area contributed by atoms with Gasteiger partial charge < -0.3 is 40.4 Å². The maximum absolute atomic E-state index is 11.7. The Morgan fingerprint density at radius 3 is 2.75 bits per heavy atom. The minimum absolute atomic E-state index is 0.102. The molecule has 0 spiro atoms. The summed E-state index contributed by atoms with van der Waals surface area (Å²) >= 11 is 1.12. The highest BCUT2D eigenvalue weighted by Crippen LogP contribution is 2.36. The van der Waals surface area contributed by atoms with E-state index in [1.54, 1.807) is 6.92 Å². The second kappa shape index (κ2) is 11.3. The van der Waals surface area contributed by atoms with Gasteiger partial charge in [-0.05, 0) is 13.0 Å². The largest absolute Gasteiger partial charge is 0.475 e. The van der Waals surface area contributed by atoms with Crippen molar-refractivity contribution in [3.05, 3.63) is 30.2 Å². The number of thioether (sulfide) groups is 1. The van der Waals surface area contributed by atoms with Crippen LogP contribution < -0.4 is 10.5 Å². The second-order valence-corrected chi connectivity index (χ2v) is 8.79. The summed E-state index contributed by atoms with van der Waals surface area (Å²) < 4.78 is 17.5. The third-order valence-electron chi connectivity index (χ3n) is 5.32. The van der Waals surface area contributed by atoms with Crippen LogP contribution in [0.2, 0.25) is 0 Å². The van der Waals surface area contributed by atoms with Crippen molar-refractivity contribution in [3.63, 3.8) is 0 Å². The average molecular weight is 523 g/mol. The maximum Gasteiger partial charge on any atom is 0.339 e. The number of ether oxygens (including phenoxy) is 3. The van der Waals surface area contributed by atoms with E-state index < -0.39 is 43.2 Å². The van der Waals surface area contributed by atoms with E-state index in [1.165, 1.54) is 29.2 Å². The zero-order chi connectivity index (χ0) is 25.8. The number of anilines is 1. The number of rotatable bonds is 10. The molecule has 5 atom stereocenters. The van der Waals surface area contributed by atoms with E-state index in [2.05, 4.69) is 19.9 Å². The Morgan fingerprint density at radius 2 is 2.08 bits per heavy atom. The highest BCUT2D eigenvalue weighted by molar-refractivity contribution is 7.99. The Kier molecular flexibility index (Phi) is 8.17. The molecular formula is C21H26N6O8S. The van der Waals surface area contributed by atoms with Crippen molar-refractivity contribution in [2.24, 2.45) is 0 Å². The van der Waals surface area contributed by atoms with Gasteiger partial charge in [-0.25, -0.2) is 24.7 Å². The standard InChI is InChI=1S/C21H26N6O8S/c1-2-33-20(32)10-3-4-13(23-5-10)34-7-11(29)8-36-21-26-14-17(22)24-9-25-18(14)27(21)19-16(31)15(30)12(6-28)35-19/h3-5,9,11-12,15-16,19,28-31H,2,6-8H2,1H3,(H2,22,24,25)/t11?,12-,15-,16-,19-/m1/s1. The summed E-state index contributed by atoms with van der Waals surface area (Å²) in [5, 5.41) is 40.9. The van der Waals surface area contributed by atoms with Crippen LogP contribution in [0.3, 0.4) is 0 Å². The maximum atomic E-state index is 11.7. The number of carbonyl (C=O) groups is 1. The highest BCUT2D eigenvalue weighted by atomic mass is 32.2. The fourth-order valence-electron chi connectivity index (χ4n) is 3.53. The molecule has 3 aromatic heterocycles. The van der Waals surface area contributed by atoms with E-state index in [9.17, 15) is 25.2 Å². The lowest BCUT2D eigenvalue weighted by atomic mass is 10.1. The molecule has 0 aliphatic carbocycles. The monoisotopic (exact) mass is 522 g/mol. The number of esters is 1. The molecule has 4 heterocycles. The molecule has 36 heavy (non-hydrogen) atoms. The van der Waals surface area contributed by atoms with Crippen LogP contribution in [0.4, 0.5) is 5.82 Å². The molecule has 1 fully saturated rings. The summed E-state index contributed by atoms with van der Waals surface area (Å²) in [5.74, 6) is -0.0512. The van der Waals surface area contributed by atoms with Crippen LogP contribution >= 0.6 is 11.8 Å². The van der Waals surface area contributed by atoms with Gasteiger partial charge in [0.1, 0.15) is 31.2 Å². The van der Waals surface area contributed by atoms with Crippen molar-refractivity contribution >= 4 is 34.7 Å². The summed E-state index contributed by atoms with van der Waals surface area (Å²) in [7, 11) is 0. The summed E-state index contributed by atoms with van der Waals surface area (Å²) in [6, 6.07) is 3.00. The number of aromatic nitrogens is 5. The first kappa shape index (κ1) is 26.0. The van der Waals surface area contributed by atoms with Crippen LogP contribution in [0.1, 0.15) is 23.5 Å². The predicted molar refractivity (Wildman–Crippen MR) is 125 cm³/mol. The van der Waals surface area contributed by atoms with Crippen molar-refractivity contribution in [3.8, 4) is 5.88 Å². The third kappa shape index (κ3) is 5.35. The van der Waals surface area contributed by atoms with E-state index in [-0.39, 0.29) is 47.4 Å². The van der Waals surface area contributed by atoms with Crippen molar-refractivity contribution < 1.29 is 39.4 Å². The number of nitrogens with zero attached hydrogens (tertiary/aromatic N) is 5. The molecule has 0 bridgehead atoms. The summed E-state index contributed by atoms with van der Waals surface area (Å²) in [6.45, 7) is 1.36. The van der Waals surface area contributed by atoms with Crippen LogP contribution in [-0.4, -0.2) is 101 Å². The minimum atomic E-state index is -1.37. The Labute approximate surface area is 209 Å². The number of aliphatic hydroxyl groups is 4. The minimum Gasteiger partial charge on any atom is -0.475 e. The molecule has 0 aromatic carbocycles. The first-order chi connectivity index (χ1) is 17.3. The zero-order valence-electron chi connectivity index (χ0n) is 19.2. The second-order valence-electron chi connectivity index (χ2n) is 7.81. The number of nitrogens with two attached hydrogens (primary N) is 1. The number of carbonyl (C=O) groups excluding carboxylic acids is 1. The van der Waals surface area contributed by atoms with Crippen LogP contribution in [0.25, 0.3) is 11.2 Å². The topological polar surface area (TPSA) is 208 Å². The van der Waals surface area contributed by atoms with E-state index >= 15 is 0 Å². The highest BCUT2D eigenvalue weighted by Gasteiger charge is 2.45. The number of nitrogen functional groups attached to an aromatic ring is 1. The molecule has 1 saturated heterocycles. The fourth-order valence-corrected chi connectivity index (χ4v) is 4.45. The number of hydrogen-bond donors (Lipinski definition) is 5. The SMILES string of the molecule is CCOC(=O)c1ccc(OCC(O)CSc2nc3c(N)ncnc3n2[C@@H]2O[C@H](CO)[C@@H](O)[C@H]2O)nc1. The van der Waals surface area contributed by atoms with Gasteiger partial charge >= 0.3 is 5.97 Å². The smallest absolute Gasteiger partial charge is 0.339 e. The predicted octanol–water partition coefficient (Wildman–Crippen LogP) is -0.876. The Balaban J connectivity index is 1.44. The number of imidazole rings is 1. The van der Waals surface area contributed by atoms with Crippen LogP contribution in [0.5, 0.6) is 5.88 Å². The van der Waals surface area contributed by atoms with Gasteiger partial charge in [-0.1, -0.05) is 11.8 Å². The molecule has 1 unspecified atom stereocenters. The van der Waals surface area contributed by atoms with Crippen LogP contribution in [0, 0.1) is 0 Å². The van der Waals surface area contributed by atoms with Crippen LogP contribution in [-0.2, 0) is 9.47 Å². The first-order valence-electron chi connectivity index (χ1n) is 11.0. The molecule has 1 aliphatic heterocycles. The molecule has 6 N–H and O–H groups in total. The van der Waals surface area contributed by atoms with Crippen molar-refractivity contribution in [2.75, 3.05) is 31.3 Å². The van der Waals surface area contributed by atoms with Crippen molar-refractivity contribution in [1.82, 2.24) is 24.5 Å². The quantitative estimate of drug-likeness (QED) is 0.162. The Bertz CT molecular complexity index is 1200. The van der Waals surface area contributed by atoms with Gasteiger partial charge in [0, 0.05) is 18.0 Å². The molecule has 14 nitrogen and oxygen atoms in total. The van der Waals surface area contributed by atoms with E-state index in [0.717, 1.165) is 11.8 Å². The van der Waals surface area contributed by atoms with Crippen molar-refractivity contribution in [1.29, 1.82) is 0 Å². The summed E-state index contributed by atoms with van der Waals surface area (Å²) in [6.07, 6.45) is -3.19. The van der Waals surface area contributed by atoms with Gasteiger partial charge in [0.25, 0.3) is 0 Å². The van der Waals surface area contributed by atoms with Gasteiger partial charge in [-0.3, -0.25) is 4.57 Å². The van der Waals surface area contributed by atoms with Crippen LogP contribution in [0.15, 0.2) is 29.8 Å².